The zero-order valence-corrected chi connectivity index (χ0v) is 12.8. The van der Waals surface area contributed by atoms with Crippen molar-refractivity contribution in [1.29, 1.82) is 0 Å². The van der Waals surface area contributed by atoms with Crippen LogP contribution in [0.3, 0.4) is 0 Å². The minimum Gasteiger partial charge on any atom is -0.490 e. The Morgan fingerprint density at radius 1 is 1.24 bits per heavy atom. The first-order chi connectivity index (χ1) is 10.3. The topological polar surface area (TPSA) is 34.4 Å². The van der Waals surface area contributed by atoms with Gasteiger partial charge in [0.25, 0.3) is 0 Å². The van der Waals surface area contributed by atoms with Gasteiger partial charge in [-0.3, -0.25) is 0 Å². The fourth-order valence-corrected chi connectivity index (χ4v) is 2.51. The zero-order chi connectivity index (χ0) is 14.7. The number of benzene rings is 1. The van der Waals surface area contributed by atoms with E-state index in [2.05, 4.69) is 42.6 Å². The molecule has 1 atom stereocenters. The van der Waals surface area contributed by atoms with Crippen molar-refractivity contribution in [3.05, 3.63) is 53.5 Å². The van der Waals surface area contributed by atoms with Crippen LogP contribution < -0.4 is 10.1 Å². The molecular weight excluding hydrogens is 262 g/mol. The van der Waals surface area contributed by atoms with Crippen LogP contribution in [0.2, 0.25) is 0 Å². The minimum absolute atomic E-state index is 0.179. The highest BCUT2D eigenvalue weighted by Crippen LogP contribution is 2.30. The van der Waals surface area contributed by atoms with E-state index in [4.69, 9.17) is 9.15 Å². The summed E-state index contributed by atoms with van der Waals surface area (Å²) >= 11 is 0. The molecule has 3 nitrogen and oxygen atoms in total. The van der Waals surface area contributed by atoms with Crippen LogP contribution in [-0.4, -0.2) is 12.6 Å². The van der Waals surface area contributed by atoms with E-state index in [1.165, 1.54) is 24.0 Å². The average molecular weight is 285 g/mol. The Bertz CT molecular complexity index is 569. The van der Waals surface area contributed by atoms with Crippen LogP contribution in [0.15, 0.2) is 41.0 Å². The van der Waals surface area contributed by atoms with E-state index in [0.29, 0.717) is 6.10 Å². The molecule has 1 N–H and O–H groups in total. The Hall–Kier alpha value is -1.74. The summed E-state index contributed by atoms with van der Waals surface area (Å²) in [5, 5.41) is 3.60. The van der Waals surface area contributed by atoms with Crippen LogP contribution >= 0.6 is 0 Å². The zero-order valence-electron chi connectivity index (χ0n) is 12.8. The predicted octanol–water partition coefficient (Wildman–Crippen LogP) is 4.22. The number of aryl methyl sites for hydroxylation is 1. The summed E-state index contributed by atoms with van der Waals surface area (Å²) in [5.41, 5.74) is 2.45. The Morgan fingerprint density at radius 2 is 2.00 bits per heavy atom. The summed E-state index contributed by atoms with van der Waals surface area (Å²) in [6.45, 7) is 5.18. The minimum atomic E-state index is 0.179. The van der Waals surface area contributed by atoms with Crippen LogP contribution in [0.25, 0.3) is 0 Å². The van der Waals surface area contributed by atoms with Crippen molar-refractivity contribution in [2.75, 3.05) is 6.54 Å². The van der Waals surface area contributed by atoms with E-state index in [9.17, 15) is 0 Å². The van der Waals surface area contributed by atoms with Crippen molar-refractivity contribution in [2.45, 2.75) is 45.3 Å². The van der Waals surface area contributed by atoms with Crippen LogP contribution in [0, 0.1) is 6.92 Å². The van der Waals surface area contributed by atoms with Gasteiger partial charge < -0.3 is 14.5 Å². The lowest BCUT2D eigenvalue weighted by molar-refractivity contribution is 0.303. The molecule has 1 heterocycles. The first-order valence-corrected chi connectivity index (χ1v) is 7.82. The van der Waals surface area contributed by atoms with Crippen LogP contribution in [0.5, 0.6) is 5.75 Å². The lowest BCUT2D eigenvalue weighted by Gasteiger charge is -2.19. The molecule has 1 saturated carbocycles. The molecule has 0 aliphatic heterocycles. The van der Waals surface area contributed by atoms with E-state index in [-0.39, 0.29) is 6.04 Å². The number of hydrogen-bond acceptors (Lipinski definition) is 3. The molecule has 21 heavy (non-hydrogen) atoms. The molecule has 0 amide bonds. The van der Waals surface area contributed by atoms with Crippen LogP contribution in [-0.2, 0) is 0 Å². The summed E-state index contributed by atoms with van der Waals surface area (Å²) in [6, 6.07) is 10.7. The second-order valence-corrected chi connectivity index (χ2v) is 5.71. The molecule has 0 spiro atoms. The predicted molar refractivity (Wildman–Crippen MR) is 83.7 cm³/mol. The monoisotopic (exact) mass is 285 g/mol. The number of ether oxygens (including phenoxy) is 1. The molecule has 3 heteroatoms. The van der Waals surface area contributed by atoms with Gasteiger partial charge in [-0.15, -0.1) is 0 Å². The molecule has 1 aliphatic carbocycles. The smallest absolute Gasteiger partial charge is 0.119 e. The second kappa shape index (κ2) is 6.35. The van der Waals surface area contributed by atoms with E-state index >= 15 is 0 Å². The number of rotatable bonds is 7. The van der Waals surface area contributed by atoms with Gasteiger partial charge in [-0.05, 0) is 56.5 Å². The Morgan fingerprint density at radius 3 is 2.57 bits per heavy atom. The summed E-state index contributed by atoms with van der Waals surface area (Å²) < 4.78 is 11.3. The maximum Gasteiger partial charge on any atom is 0.119 e. The standard InChI is InChI=1S/C18H23NO2/c1-3-11-19-18(17-10-12-20-13(17)2)14-4-6-15(7-5-14)21-16-8-9-16/h4-7,10,12,16,18-19H,3,8-9,11H2,1-2H3. The highest BCUT2D eigenvalue weighted by Gasteiger charge is 2.23. The molecule has 1 unspecified atom stereocenters. The van der Waals surface area contributed by atoms with Gasteiger partial charge in [-0.25, -0.2) is 0 Å². The van der Waals surface area contributed by atoms with E-state index in [1.54, 1.807) is 6.26 Å². The lowest BCUT2D eigenvalue weighted by Crippen LogP contribution is -2.23. The van der Waals surface area contributed by atoms with Gasteiger partial charge in [0, 0.05) is 5.56 Å². The molecule has 0 saturated heterocycles. The molecule has 112 valence electrons. The first-order valence-electron chi connectivity index (χ1n) is 7.82. The third-order valence-electron chi connectivity index (χ3n) is 3.85. The first kappa shape index (κ1) is 14.2. The summed E-state index contributed by atoms with van der Waals surface area (Å²) in [4.78, 5) is 0. The lowest BCUT2D eigenvalue weighted by atomic mass is 9.99. The third kappa shape index (κ3) is 3.48. The van der Waals surface area contributed by atoms with E-state index < -0.39 is 0 Å². The quantitative estimate of drug-likeness (QED) is 0.827. The summed E-state index contributed by atoms with van der Waals surface area (Å²) in [7, 11) is 0. The fraction of sp³-hybridized carbons (Fsp3) is 0.444. The van der Waals surface area contributed by atoms with Crippen molar-refractivity contribution in [3.8, 4) is 5.75 Å². The number of nitrogens with one attached hydrogen (secondary N) is 1. The van der Waals surface area contributed by atoms with Gasteiger partial charge in [0.1, 0.15) is 11.5 Å². The summed E-state index contributed by atoms with van der Waals surface area (Å²) in [5.74, 6) is 1.95. The van der Waals surface area contributed by atoms with E-state index in [1.807, 2.05) is 6.92 Å². The molecular formula is C18H23NO2. The molecule has 1 aromatic carbocycles. The van der Waals surface area contributed by atoms with E-state index in [0.717, 1.165) is 24.5 Å². The van der Waals surface area contributed by atoms with Crippen molar-refractivity contribution in [2.24, 2.45) is 0 Å². The van der Waals surface area contributed by atoms with Gasteiger partial charge in [-0.1, -0.05) is 19.1 Å². The average Bonchev–Trinajstić information content (AvgIpc) is 3.21. The Labute approximate surface area is 126 Å². The van der Waals surface area contributed by atoms with Gasteiger partial charge in [0.15, 0.2) is 0 Å². The maximum absolute atomic E-state index is 5.82. The van der Waals surface area contributed by atoms with Crippen molar-refractivity contribution >= 4 is 0 Å². The fourth-order valence-electron chi connectivity index (χ4n) is 2.51. The second-order valence-electron chi connectivity index (χ2n) is 5.71. The highest BCUT2D eigenvalue weighted by atomic mass is 16.5. The Kier molecular flexibility index (Phi) is 4.30. The molecule has 0 bridgehead atoms. The molecule has 3 rings (SSSR count). The maximum atomic E-state index is 5.82. The van der Waals surface area contributed by atoms with Gasteiger partial charge in [-0.2, -0.15) is 0 Å². The largest absolute Gasteiger partial charge is 0.490 e. The molecule has 0 radical (unpaired) electrons. The SMILES string of the molecule is CCCNC(c1ccc(OC2CC2)cc1)c1ccoc1C. The van der Waals surface area contributed by atoms with Crippen molar-refractivity contribution in [3.63, 3.8) is 0 Å². The Balaban J connectivity index is 1.79. The summed E-state index contributed by atoms with van der Waals surface area (Å²) in [6.07, 6.45) is 5.69. The molecule has 1 fully saturated rings. The molecule has 1 aliphatic rings. The van der Waals surface area contributed by atoms with Gasteiger partial charge >= 0.3 is 0 Å². The number of hydrogen-bond donors (Lipinski definition) is 1. The van der Waals surface area contributed by atoms with Crippen molar-refractivity contribution in [1.82, 2.24) is 5.32 Å². The molecule has 1 aromatic heterocycles. The van der Waals surface area contributed by atoms with Crippen LogP contribution in [0.4, 0.5) is 0 Å². The van der Waals surface area contributed by atoms with Gasteiger partial charge in [0.05, 0.1) is 18.4 Å². The molecule has 2 aromatic rings. The highest BCUT2D eigenvalue weighted by molar-refractivity contribution is 5.36. The van der Waals surface area contributed by atoms with Crippen LogP contribution in [0.1, 0.15) is 49.1 Å². The normalized spacial score (nSPS) is 15.9. The van der Waals surface area contributed by atoms with Gasteiger partial charge in [0.2, 0.25) is 0 Å². The third-order valence-corrected chi connectivity index (χ3v) is 3.85. The van der Waals surface area contributed by atoms with Crippen molar-refractivity contribution < 1.29 is 9.15 Å². The number of furan rings is 1.